The molecule has 0 fully saturated rings. The lowest BCUT2D eigenvalue weighted by Crippen LogP contribution is -2.29. The van der Waals surface area contributed by atoms with Crippen LogP contribution in [-0.4, -0.2) is 21.0 Å². The van der Waals surface area contributed by atoms with E-state index in [-0.39, 0.29) is 16.5 Å². The molecule has 2 aromatic heterocycles. The summed E-state index contributed by atoms with van der Waals surface area (Å²) < 4.78 is 5.04. The van der Waals surface area contributed by atoms with Crippen LogP contribution in [0.5, 0.6) is 0 Å². The normalized spacial score (nSPS) is 12.2. The summed E-state index contributed by atoms with van der Waals surface area (Å²) in [7, 11) is 0. The van der Waals surface area contributed by atoms with Gasteiger partial charge >= 0.3 is 0 Å². The topological polar surface area (TPSA) is 101 Å². The molecule has 0 spiro atoms. The fourth-order valence-electron chi connectivity index (χ4n) is 1.62. The van der Waals surface area contributed by atoms with Gasteiger partial charge in [0.1, 0.15) is 11.1 Å². The molecule has 2 aromatic rings. The molecule has 20 heavy (non-hydrogen) atoms. The van der Waals surface area contributed by atoms with E-state index < -0.39 is 11.6 Å². The number of nitrogens with one attached hydrogen (secondary N) is 2. The number of amides is 1. The Bertz CT molecular complexity index is 679. The summed E-state index contributed by atoms with van der Waals surface area (Å²) >= 11 is 5.68. The van der Waals surface area contributed by atoms with Crippen molar-refractivity contribution in [1.29, 1.82) is 0 Å². The number of nitrogens with zero attached hydrogens (tertiary/aromatic N) is 2. The molecular formula is C12H13ClN4O3. The third kappa shape index (κ3) is 3.05. The van der Waals surface area contributed by atoms with Crippen molar-refractivity contribution in [3.8, 4) is 0 Å². The lowest BCUT2D eigenvalue weighted by atomic mass is 10.2. The quantitative estimate of drug-likeness (QED) is 0.892. The predicted molar refractivity (Wildman–Crippen MR) is 71.6 cm³/mol. The highest BCUT2D eigenvalue weighted by Crippen LogP contribution is 2.15. The number of carbonyl (C=O) groups excluding carboxylic acids is 1. The molecule has 0 unspecified atom stereocenters. The van der Waals surface area contributed by atoms with Gasteiger partial charge in [-0.15, -0.1) is 0 Å². The van der Waals surface area contributed by atoms with Gasteiger partial charge in [-0.1, -0.05) is 23.7 Å². The van der Waals surface area contributed by atoms with E-state index in [1.54, 1.807) is 6.92 Å². The monoisotopic (exact) mass is 296 g/mol. The highest BCUT2D eigenvalue weighted by atomic mass is 35.5. The molecule has 0 bridgehead atoms. The Morgan fingerprint density at radius 3 is 2.90 bits per heavy atom. The predicted octanol–water partition coefficient (Wildman–Crippen LogP) is 1.60. The molecular weight excluding hydrogens is 284 g/mol. The van der Waals surface area contributed by atoms with Crippen LogP contribution < -0.4 is 10.9 Å². The first-order chi connectivity index (χ1) is 9.51. The summed E-state index contributed by atoms with van der Waals surface area (Å²) in [6.07, 6.45) is 1.89. The molecule has 0 aliphatic carbocycles. The number of hydrogen-bond donors (Lipinski definition) is 2. The number of carbonyl (C=O) groups is 1. The minimum atomic E-state index is -0.442. The summed E-state index contributed by atoms with van der Waals surface area (Å²) in [6.45, 7) is 3.58. The molecule has 0 aliphatic heterocycles. The van der Waals surface area contributed by atoms with Gasteiger partial charge < -0.3 is 14.8 Å². The highest BCUT2D eigenvalue weighted by molar-refractivity contribution is 6.30. The van der Waals surface area contributed by atoms with Crippen LogP contribution in [-0.2, 0) is 0 Å². The molecule has 1 atom stereocenters. The second-order valence-corrected chi connectivity index (χ2v) is 4.59. The summed E-state index contributed by atoms with van der Waals surface area (Å²) in [5.74, 6) is 0.458. The number of hydrogen-bond acceptors (Lipinski definition) is 5. The van der Waals surface area contributed by atoms with Crippen LogP contribution in [0, 0.1) is 6.92 Å². The summed E-state index contributed by atoms with van der Waals surface area (Å²) in [5, 5.41) is 6.39. The Labute approximate surface area is 119 Å². The third-order valence-corrected chi connectivity index (χ3v) is 2.96. The van der Waals surface area contributed by atoms with Gasteiger partial charge in [-0.05, 0) is 19.4 Å². The van der Waals surface area contributed by atoms with Gasteiger partial charge in [0, 0.05) is 6.20 Å². The van der Waals surface area contributed by atoms with Crippen LogP contribution in [0.3, 0.4) is 0 Å². The van der Waals surface area contributed by atoms with Gasteiger partial charge in [-0.25, -0.2) is 0 Å². The van der Waals surface area contributed by atoms with Gasteiger partial charge in [0.15, 0.2) is 5.82 Å². The molecule has 8 heteroatoms. The maximum absolute atomic E-state index is 12.1. The average molecular weight is 297 g/mol. The SMILES string of the molecule is CC[C@H](NC(=O)c1c[nH]c(=O)c(Cl)c1)c1nc(C)no1. The molecule has 1 amide bonds. The second kappa shape index (κ2) is 5.87. The second-order valence-electron chi connectivity index (χ2n) is 4.18. The molecule has 0 saturated heterocycles. The fourth-order valence-corrected chi connectivity index (χ4v) is 1.79. The Hall–Kier alpha value is -2.15. The van der Waals surface area contributed by atoms with Crippen LogP contribution >= 0.6 is 11.6 Å². The molecule has 2 rings (SSSR count). The van der Waals surface area contributed by atoms with E-state index in [0.29, 0.717) is 18.1 Å². The van der Waals surface area contributed by atoms with E-state index in [1.165, 1.54) is 12.3 Å². The fraction of sp³-hybridized carbons (Fsp3) is 0.333. The number of aryl methyl sites for hydroxylation is 1. The van der Waals surface area contributed by atoms with Crippen LogP contribution in [0.1, 0.15) is 41.5 Å². The standard InChI is InChI=1S/C12H13ClN4O3/c1-3-9(12-15-6(2)17-20-12)16-10(18)7-4-8(13)11(19)14-5-7/h4-5,9H,3H2,1-2H3,(H,14,19)(H,16,18)/t9-/m0/s1. The molecule has 0 aromatic carbocycles. The first-order valence-electron chi connectivity index (χ1n) is 6.00. The summed E-state index contributed by atoms with van der Waals surface area (Å²) in [5.41, 5.74) is -0.188. The lowest BCUT2D eigenvalue weighted by molar-refractivity contribution is 0.0926. The van der Waals surface area contributed by atoms with Gasteiger partial charge in [0.25, 0.3) is 11.5 Å². The van der Waals surface area contributed by atoms with Gasteiger partial charge in [-0.3, -0.25) is 9.59 Å². The first-order valence-corrected chi connectivity index (χ1v) is 6.38. The van der Waals surface area contributed by atoms with Crippen LogP contribution in [0.15, 0.2) is 21.6 Å². The van der Waals surface area contributed by atoms with Gasteiger partial charge in [0.2, 0.25) is 5.89 Å². The van der Waals surface area contributed by atoms with Gasteiger partial charge in [0.05, 0.1) is 5.56 Å². The summed E-state index contributed by atoms with van der Waals surface area (Å²) in [4.78, 5) is 29.7. The Kier molecular flexibility index (Phi) is 4.19. The van der Waals surface area contributed by atoms with Crippen molar-refractivity contribution in [2.24, 2.45) is 0 Å². The van der Waals surface area contributed by atoms with E-state index in [1.807, 2.05) is 6.92 Å². The number of aromatic amines is 1. The van der Waals surface area contributed by atoms with Crippen LogP contribution in [0.4, 0.5) is 0 Å². The van der Waals surface area contributed by atoms with E-state index in [4.69, 9.17) is 16.1 Å². The minimum absolute atomic E-state index is 0.0423. The van der Waals surface area contributed by atoms with E-state index in [2.05, 4.69) is 20.4 Å². The zero-order valence-electron chi connectivity index (χ0n) is 10.9. The van der Waals surface area contributed by atoms with Crippen molar-refractivity contribution >= 4 is 17.5 Å². The molecule has 0 aliphatic rings. The average Bonchev–Trinajstić information content (AvgIpc) is 2.85. The summed E-state index contributed by atoms with van der Waals surface area (Å²) in [6, 6.07) is 0.913. The molecule has 106 valence electrons. The number of H-pyrrole nitrogens is 1. The van der Waals surface area contributed by atoms with Crippen molar-refractivity contribution in [1.82, 2.24) is 20.4 Å². The number of rotatable bonds is 4. The maximum atomic E-state index is 12.1. The van der Waals surface area contributed by atoms with E-state index in [9.17, 15) is 9.59 Å². The van der Waals surface area contributed by atoms with Crippen LogP contribution in [0.2, 0.25) is 5.02 Å². The number of halogens is 1. The number of pyridine rings is 1. The molecule has 2 N–H and O–H groups in total. The third-order valence-electron chi connectivity index (χ3n) is 2.68. The Morgan fingerprint density at radius 1 is 1.60 bits per heavy atom. The van der Waals surface area contributed by atoms with Crippen molar-refractivity contribution in [2.45, 2.75) is 26.3 Å². The van der Waals surface area contributed by atoms with Crippen molar-refractivity contribution in [3.05, 3.63) is 44.9 Å². The Morgan fingerprint density at radius 2 is 2.35 bits per heavy atom. The van der Waals surface area contributed by atoms with Crippen LogP contribution in [0.25, 0.3) is 0 Å². The lowest BCUT2D eigenvalue weighted by Gasteiger charge is -2.12. The zero-order valence-corrected chi connectivity index (χ0v) is 11.7. The zero-order chi connectivity index (χ0) is 14.7. The largest absolute Gasteiger partial charge is 0.340 e. The highest BCUT2D eigenvalue weighted by Gasteiger charge is 2.19. The van der Waals surface area contributed by atoms with Crippen molar-refractivity contribution in [3.63, 3.8) is 0 Å². The van der Waals surface area contributed by atoms with E-state index >= 15 is 0 Å². The number of aromatic nitrogens is 3. The van der Waals surface area contributed by atoms with Crippen molar-refractivity contribution < 1.29 is 9.32 Å². The smallest absolute Gasteiger partial charge is 0.266 e. The van der Waals surface area contributed by atoms with E-state index in [0.717, 1.165) is 0 Å². The molecule has 7 nitrogen and oxygen atoms in total. The minimum Gasteiger partial charge on any atom is -0.340 e. The molecule has 0 radical (unpaired) electrons. The van der Waals surface area contributed by atoms with Crippen molar-refractivity contribution in [2.75, 3.05) is 0 Å². The first kappa shape index (κ1) is 14.3. The van der Waals surface area contributed by atoms with Gasteiger partial charge in [-0.2, -0.15) is 4.98 Å². The molecule has 0 saturated carbocycles. The molecule has 2 heterocycles. The Balaban J connectivity index is 2.16. The maximum Gasteiger partial charge on any atom is 0.266 e.